The maximum Gasteiger partial charge on any atom is 0.252 e. The number of thiophene rings is 1. The highest BCUT2D eigenvalue weighted by molar-refractivity contribution is 7.91. The van der Waals surface area contributed by atoms with Crippen LogP contribution in [0, 0.1) is 6.92 Å². The molecule has 0 bridgehead atoms. The summed E-state index contributed by atoms with van der Waals surface area (Å²) in [6.07, 6.45) is 0. The first-order valence-corrected chi connectivity index (χ1v) is 5.83. The first-order valence-electron chi connectivity index (χ1n) is 3.57. The van der Waals surface area contributed by atoms with E-state index in [0.29, 0.717) is 4.88 Å². The second kappa shape index (κ2) is 3.28. The predicted molar refractivity (Wildman–Crippen MR) is 51.6 cm³/mol. The molecule has 0 aliphatic rings. The van der Waals surface area contributed by atoms with Gasteiger partial charge in [0, 0.05) is 25.0 Å². The van der Waals surface area contributed by atoms with Crippen LogP contribution in [0.3, 0.4) is 0 Å². The van der Waals surface area contributed by atoms with Crippen LogP contribution >= 0.6 is 11.3 Å². The van der Waals surface area contributed by atoms with Gasteiger partial charge in [-0.15, -0.1) is 11.3 Å². The number of nitrogens with zero attached hydrogens (tertiary/aromatic N) is 1. The molecule has 1 aromatic rings. The fourth-order valence-electron chi connectivity index (χ4n) is 0.753. The summed E-state index contributed by atoms with van der Waals surface area (Å²) < 4.78 is 24.3. The largest absolute Gasteiger partial charge is 0.507 e. The zero-order valence-electron chi connectivity index (χ0n) is 7.60. The van der Waals surface area contributed by atoms with Gasteiger partial charge in [-0.05, 0) is 6.92 Å². The minimum Gasteiger partial charge on any atom is -0.507 e. The average molecular weight is 221 g/mol. The summed E-state index contributed by atoms with van der Waals surface area (Å²) >= 11 is 1.07. The SMILES string of the molecule is Cc1sc(S(=O)(=O)N(C)C)cc1O. The van der Waals surface area contributed by atoms with Crippen LogP contribution in [-0.4, -0.2) is 31.9 Å². The summed E-state index contributed by atoms with van der Waals surface area (Å²) in [5, 5.41) is 9.21. The van der Waals surface area contributed by atoms with E-state index in [2.05, 4.69) is 0 Å². The third-order valence-corrected chi connectivity index (χ3v) is 4.91. The van der Waals surface area contributed by atoms with Crippen LogP contribution in [0.4, 0.5) is 0 Å². The Hall–Kier alpha value is -0.590. The zero-order valence-corrected chi connectivity index (χ0v) is 9.24. The van der Waals surface area contributed by atoms with Crippen LogP contribution < -0.4 is 0 Å². The highest BCUT2D eigenvalue weighted by atomic mass is 32.2. The molecule has 0 spiro atoms. The molecule has 0 amide bonds. The van der Waals surface area contributed by atoms with Gasteiger partial charge in [-0.2, -0.15) is 0 Å². The van der Waals surface area contributed by atoms with Gasteiger partial charge >= 0.3 is 0 Å². The van der Waals surface area contributed by atoms with Crippen LogP contribution in [0.2, 0.25) is 0 Å². The lowest BCUT2D eigenvalue weighted by Gasteiger charge is -2.07. The van der Waals surface area contributed by atoms with Crippen LogP contribution in [-0.2, 0) is 10.0 Å². The third kappa shape index (κ3) is 1.84. The normalized spacial score (nSPS) is 12.3. The molecule has 0 fully saturated rings. The molecule has 1 heterocycles. The summed E-state index contributed by atoms with van der Waals surface area (Å²) in [5.41, 5.74) is 0. The summed E-state index contributed by atoms with van der Waals surface area (Å²) in [5.74, 6) is 0.0328. The summed E-state index contributed by atoms with van der Waals surface area (Å²) in [4.78, 5) is 0.612. The van der Waals surface area contributed by atoms with Gasteiger partial charge < -0.3 is 5.11 Å². The van der Waals surface area contributed by atoms with Crippen LogP contribution in [0.5, 0.6) is 5.75 Å². The highest BCUT2D eigenvalue weighted by Gasteiger charge is 2.20. The Bertz CT molecular complexity index is 386. The minimum absolute atomic E-state index is 0.0328. The average Bonchev–Trinajstić information content (AvgIpc) is 2.32. The Morgan fingerprint density at radius 2 is 2.00 bits per heavy atom. The molecule has 0 radical (unpaired) electrons. The molecule has 0 atom stereocenters. The van der Waals surface area contributed by atoms with Gasteiger partial charge in [-0.25, -0.2) is 12.7 Å². The van der Waals surface area contributed by atoms with Gasteiger partial charge in [-0.3, -0.25) is 0 Å². The predicted octanol–water partition coefficient (Wildman–Crippen LogP) is 1.01. The van der Waals surface area contributed by atoms with E-state index in [1.165, 1.54) is 20.2 Å². The maximum absolute atomic E-state index is 11.5. The Balaban J connectivity index is 3.24. The summed E-state index contributed by atoms with van der Waals surface area (Å²) in [6, 6.07) is 1.27. The zero-order chi connectivity index (χ0) is 10.2. The lowest BCUT2D eigenvalue weighted by Crippen LogP contribution is -2.21. The van der Waals surface area contributed by atoms with Crippen molar-refractivity contribution in [3.05, 3.63) is 10.9 Å². The van der Waals surface area contributed by atoms with Gasteiger partial charge in [0.2, 0.25) is 0 Å². The molecule has 0 unspecified atom stereocenters. The maximum atomic E-state index is 11.5. The van der Waals surface area contributed by atoms with Gasteiger partial charge in [0.15, 0.2) is 0 Å². The van der Waals surface area contributed by atoms with Crippen molar-refractivity contribution in [2.45, 2.75) is 11.1 Å². The van der Waals surface area contributed by atoms with E-state index in [0.717, 1.165) is 15.6 Å². The van der Waals surface area contributed by atoms with E-state index in [9.17, 15) is 13.5 Å². The quantitative estimate of drug-likeness (QED) is 0.811. The van der Waals surface area contributed by atoms with Crippen molar-refractivity contribution in [2.75, 3.05) is 14.1 Å². The van der Waals surface area contributed by atoms with E-state index in [1.807, 2.05) is 0 Å². The van der Waals surface area contributed by atoms with Gasteiger partial charge in [0.25, 0.3) is 10.0 Å². The molecule has 1 N–H and O–H groups in total. The van der Waals surface area contributed by atoms with E-state index in [1.54, 1.807) is 6.92 Å². The summed E-state index contributed by atoms with van der Waals surface area (Å²) in [7, 11) is -0.467. The first kappa shape index (κ1) is 10.5. The second-order valence-electron chi connectivity index (χ2n) is 2.79. The van der Waals surface area contributed by atoms with Gasteiger partial charge in [0.05, 0.1) is 0 Å². The standard InChI is InChI=1S/C7H11NO3S2/c1-5-6(9)4-7(12-5)13(10,11)8(2)3/h4,9H,1-3H3. The Morgan fingerprint density at radius 3 is 2.31 bits per heavy atom. The van der Waals surface area contributed by atoms with E-state index < -0.39 is 10.0 Å². The molecule has 0 saturated heterocycles. The molecular formula is C7H11NO3S2. The molecule has 74 valence electrons. The number of aromatic hydroxyl groups is 1. The van der Waals surface area contributed by atoms with Crippen LogP contribution in [0.1, 0.15) is 4.88 Å². The van der Waals surface area contributed by atoms with Crippen molar-refractivity contribution in [2.24, 2.45) is 0 Å². The Kier molecular flexibility index (Phi) is 2.65. The molecule has 0 aliphatic heterocycles. The van der Waals surface area contributed by atoms with Crippen molar-refractivity contribution >= 4 is 21.4 Å². The van der Waals surface area contributed by atoms with Crippen LogP contribution in [0.15, 0.2) is 10.3 Å². The van der Waals surface area contributed by atoms with E-state index >= 15 is 0 Å². The smallest absolute Gasteiger partial charge is 0.252 e. The van der Waals surface area contributed by atoms with Crippen molar-refractivity contribution in [3.8, 4) is 5.75 Å². The number of hydrogen-bond donors (Lipinski definition) is 1. The van der Waals surface area contributed by atoms with Crippen molar-refractivity contribution in [3.63, 3.8) is 0 Å². The minimum atomic E-state index is -3.39. The number of sulfonamides is 1. The molecule has 4 nitrogen and oxygen atoms in total. The molecule has 1 aromatic heterocycles. The molecule has 6 heteroatoms. The van der Waals surface area contributed by atoms with Crippen molar-refractivity contribution < 1.29 is 13.5 Å². The van der Waals surface area contributed by atoms with E-state index in [4.69, 9.17) is 0 Å². The van der Waals surface area contributed by atoms with Crippen molar-refractivity contribution in [1.82, 2.24) is 4.31 Å². The first-order chi connectivity index (χ1) is 5.85. The Labute approximate surface area is 81.5 Å². The number of aryl methyl sites for hydroxylation is 1. The fraction of sp³-hybridized carbons (Fsp3) is 0.429. The molecule has 0 aromatic carbocycles. The summed E-state index contributed by atoms with van der Waals surface area (Å²) in [6.45, 7) is 1.68. The Morgan fingerprint density at radius 1 is 1.46 bits per heavy atom. The highest BCUT2D eigenvalue weighted by Crippen LogP contribution is 2.31. The van der Waals surface area contributed by atoms with Gasteiger partial charge in [-0.1, -0.05) is 0 Å². The topological polar surface area (TPSA) is 57.6 Å². The van der Waals surface area contributed by atoms with Crippen molar-refractivity contribution in [1.29, 1.82) is 0 Å². The molecule has 0 saturated carbocycles. The monoisotopic (exact) mass is 221 g/mol. The number of hydrogen-bond acceptors (Lipinski definition) is 4. The number of rotatable bonds is 2. The van der Waals surface area contributed by atoms with Gasteiger partial charge in [0.1, 0.15) is 9.96 Å². The second-order valence-corrected chi connectivity index (χ2v) is 6.43. The molecular weight excluding hydrogens is 210 g/mol. The van der Waals surface area contributed by atoms with Crippen LogP contribution in [0.25, 0.3) is 0 Å². The lowest BCUT2D eigenvalue weighted by molar-refractivity contribution is 0.472. The molecule has 1 rings (SSSR count). The molecule has 13 heavy (non-hydrogen) atoms. The van der Waals surface area contributed by atoms with E-state index in [-0.39, 0.29) is 9.96 Å². The molecule has 0 aliphatic carbocycles. The third-order valence-electron chi connectivity index (χ3n) is 1.60. The fourth-order valence-corrected chi connectivity index (χ4v) is 3.25. The lowest BCUT2D eigenvalue weighted by atomic mass is 10.5.